The molecular formula is C32H44N4O11. The average molecular weight is 661 g/mol. The van der Waals surface area contributed by atoms with Crippen LogP contribution in [-0.2, 0) is 30.5 Å². The van der Waals surface area contributed by atoms with Gasteiger partial charge in [0.25, 0.3) is 5.91 Å². The Balaban J connectivity index is 1.91. The highest BCUT2D eigenvalue weighted by atomic mass is 16.5. The highest BCUT2D eigenvalue weighted by Gasteiger charge is 2.37. The number of carboxylic acid groups (broad SMARTS) is 1. The first kappa shape index (κ1) is 38.8. The van der Waals surface area contributed by atoms with E-state index in [1.165, 1.54) is 0 Å². The third-order valence-electron chi connectivity index (χ3n) is 7.29. The van der Waals surface area contributed by atoms with Crippen molar-refractivity contribution in [3.8, 4) is 0 Å². The van der Waals surface area contributed by atoms with Crippen LogP contribution in [-0.4, -0.2) is 98.2 Å². The molecule has 0 aromatic heterocycles. The average Bonchev–Trinajstić information content (AvgIpc) is 3.07. The van der Waals surface area contributed by atoms with E-state index in [-0.39, 0.29) is 19.4 Å². The smallest absolute Gasteiger partial charge is 0.408 e. The summed E-state index contributed by atoms with van der Waals surface area (Å²) in [5.41, 5.74) is 7.11. The van der Waals surface area contributed by atoms with Crippen molar-refractivity contribution in [3.05, 3.63) is 71.8 Å². The fourth-order valence-corrected chi connectivity index (χ4v) is 4.59. The van der Waals surface area contributed by atoms with Crippen LogP contribution in [0.4, 0.5) is 4.79 Å². The van der Waals surface area contributed by atoms with E-state index in [1.807, 2.05) is 13.0 Å². The molecule has 0 saturated heterocycles. The fraction of sp³-hybridized carbons (Fsp3) is 0.469. The minimum absolute atomic E-state index is 0.0119. The van der Waals surface area contributed by atoms with Crippen LogP contribution in [0, 0.1) is 0 Å². The number of hydrogen-bond donors (Lipinski definition) is 9. The van der Waals surface area contributed by atoms with Crippen molar-refractivity contribution in [3.63, 3.8) is 0 Å². The molecule has 0 saturated carbocycles. The van der Waals surface area contributed by atoms with E-state index in [0.29, 0.717) is 18.4 Å². The van der Waals surface area contributed by atoms with Gasteiger partial charge in [-0.1, -0.05) is 74.0 Å². The molecule has 0 heterocycles. The molecule has 258 valence electrons. The topological polar surface area (TPSA) is 258 Å². The van der Waals surface area contributed by atoms with Gasteiger partial charge in [0.1, 0.15) is 18.8 Å². The molecule has 0 spiro atoms. The monoisotopic (exact) mass is 660 g/mol. The van der Waals surface area contributed by atoms with E-state index < -0.39 is 85.2 Å². The molecule has 7 atom stereocenters. The van der Waals surface area contributed by atoms with Gasteiger partial charge >= 0.3 is 12.1 Å². The minimum atomic E-state index is -2.27. The Bertz CT molecular complexity index is 1300. The third-order valence-corrected chi connectivity index (χ3v) is 7.29. The van der Waals surface area contributed by atoms with Gasteiger partial charge in [-0.05, 0) is 24.0 Å². The number of aliphatic carboxylic acids is 1. The van der Waals surface area contributed by atoms with Crippen LogP contribution in [0.5, 0.6) is 0 Å². The van der Waals surface area contributed by atoms with Crippen LogP contribution >= 0.6 is 0 Å². The summed E-state index contributed by atoms with van der Waals surface area (Å²) in [4.78, 5) is 61.8. The Hall–Kier alpha value is -4.41. The van der Waals surface area contributed by atoms with Crippen molar-refractivity contribution in [1.29, 1.82) is 0 Å². The predicted octanol–water partition coefficient (Wildman–Crippen LogP) is -0.350. The molecule has 2 rings (SSSR count). The van der Waals surface area contributed by atoms with Gasteiger partial charge in [0.15, 0.2) is 11.9 Å². The summed E-state index contributed by atoms with van der Waals surface area (Å²) in [7, 11) is 0. The molecule has 0 bridgehead atoms. The molecule has 0 fully saturated rings. The molecule has 15 nitrogen and oxygen atoms in total. The van der Waals surface area contributed by atoms with Gasteiger partial charge in [-0.25, -0.2) is 4.79 Å². The van der Waals surface area contributed by atoms with Gasteiger partial charge < -0.3 is 52.0 Å². The molecule has 15 heteroatoms. The van der Waals surface area contributed by atoms with Crippen molar-refractivity contribution in [2.24, 2.45) is 5.73 Å². The zero-order valence-corrected chi connectivity index (χ0v) is 26.0. The predicted molar refractivity (Wildman–Crippen MR) is 167 cm³/mol. The van der Waals surface area contributed by atoms with Gasteiger partial charge in [0, 0.05) is 6.42 Å². The molecule has 0 radical (unpaired) electrons. The summed E-state index contributed by atoms with van der Waals surface area (Å²) in [6.45, 7) is 0.907. The standard InChI is InChI=1S/C32H44N4O11/c1-2-9-22(36-32(46)47-18-19-10-5-3-6-11-19)25(38)15-14-21(33)30(44)35-24(17-37)27(41)28(42)29(43)31(45)34-23(16-26(39)40)20-12-7-4-8-13-20/h3-8,10-13,21-24,27-29,37,41-43H,2,9,14-18,33H2,1H3,(H,34,45)(H,35,44)(H,36,46)(H,39,40)/t21-,22-,23-,24-,27+,28+,29-/m0/s1. The molecule has 3 amide bonds. The summed E-state index contributed by atoms with van der Waals surface area (Å²) in [6.07, 6.45) is -7.36. The number of amides is 3. The normalized spacial score (nSPS) is 15.5. The highest BCUT2D eigenvalue weighted by Crippen LogP contribution is 2.18. The number of alkyl carbamates (subject to hydrolysis) is 1. The SMILES string of the molecule is CCC[C@H](NC(=O)OCc1ccccc1)C(=O)CC[C@H](N)C(=O)N[C@@H](CO)[C@@H](O)[C@@H](O)[C@H](O)C(=O)N[C@@H](CC(=O)O)c1ccccc1. The largest absolute Gasteiger partial charge is 0.481 e. The van der Waals surface area contributed by atoms with Gasteiger partial charge in [-0.2, -0.15) is 0 Å². The molecule has 47 heavy (non-hydrogen) atoms. The number of aliphatic hydroxyl groups is 4. The van der Waals surface area contributed by atoms with Crippen LogP contribution in [0.2, 0.25) is 0 Å². The molecular weight excluding hydrogens is 616 g/mol. The van der Waals surface area contributed by atoms with Crippen LogP contribution in [0.25, 0.3) is 0 Å². The summed E-state index contributed by atoms with van der Waals surface area (Å²) >= 11 is 0. The maximum Gasteiger partial charge on any atom is 0.408 e. The van der Waals surface area contributed by atoms with Crippen LogP contribution in [0.3, 0.4) is 0 Å². The molecule has 0 aliphatic rings. The molecule has 0 unspecified atom stereocenters. The van der Waals surface area contributed by atoms with Crippen molar-refractivity contribution in [2.75, 3.05) is 6.61 Å². The number of carbonyl (C=O) groups excluding carboxylic acids is 4. The second-order valence-electron chi connectivity index (χ2n) is 11.0. The second kappa shape index (κ2) is 20.0. The minimum Gasteiger partial charge on any atom is -0.481 e. The van der Waals surface area contributed by atoms with Gasteiger partial charge in [0.2, 0.25) is 5.91 Å². The first-order valence-electron chi connectivity index (χ1n) is 15.2. The Morgan fingerprint density at radius 2 is 1.45 bits per heavy atom. The van der Waals surface area contributed by atoms with Gasteiger partial charge in [-0.3, -0.25) is 19.2 Å². The number of benzene rings is 2. The Labute approximate surface area is 272 Å². The fourth-order valence-electron chi connectivity index (χ4n) is 4.59. The summed E-state index contributed by atoms with van der Waals surface area (Å²) in [5, 5.41) is 57.5. The van der Waals surface area contributed by atoms with Crippen molar-refractivity contribution >= 4 is 29.7 Å². The summed E-state index contributed by atoms with van der Waals surface area (Å²) in [6, 6.07) is 12.1. The quantitative estimate of drug-likeness (QED) is 0.0883. The number of aliphatic hydroxyl groups excluding tert-OH is 4. The molecule has 10 N–H and O–H groups in total. The number of Topliss-reactive ketones (excluding diaryl/α,β-unsaturated/α-hetero) is 1. The zero-order chi connectivity index (χ0) is 34.9. The lowest BCUT2D eigenvalue weighted by molar-refractivity contribution is -0.145. The Morgan fingerprint density at radius 3 is 2.02 bits per heavy atom. The molecule has 0 aliphatic carbocycles. The summed E-state index contributed by atoms with van der Waals surface area (Å²) < 4.78 is 5.18. The number of nitrogens with one attached hydrogen (secondary N) is 3. The third kappa shape index (κ3) is 13.1. The van der Waals surface area contributed by atoms with Crippen LogP contribution in [0.1, 0.15) is 56.2 Å². The first-order chi connectivity index (χ1) is 22.4. The van der Waals surface area contributed by atoms with Crippen LogP contribution < -0.4 is 21.7 Å². The number of nitrogens with two attached hydrogens (primary N) is 1. The first-order valence-corrected chi connectivity index (χ1v) is 15.2. The zero-order valence-electron chi connectivity index (χ0n) is 26.0. The van der Waals surface area contributed by atoms with E-state index in [9.17, 15) is 49.5 Å². The highest BCUT2D eigenvalue weighted by molar-refractivity contribution is 5.88. The van der Waals surface area contributed by atoms with E-state index in [1.54, 1.807) is 54.6 Å². The Kier molecular flexibility index (Phi) is 16.5. The number of carbonyl (C=O) groups is 5. The molecule has 2 aromatic rings. The van der Waals surface area contributed by atoms with Crippen molar-refractivity contribution in [1.82, 2.24) is 16.0 Å². The molecule has 0 aliphatic heterocycles. The summed E-state index contributed by atoms with van der Waals surface area (Å²) in [5.74, 6) is -3.75. The van der Waals surface area contributed by atoms with Crippen molar-refractivity contribution in [2.45, 2.75) is 88.1 Å². The lowest BCUT2D eigenvalue weighted by Crippen LogP contribution is -2.58. The van der Waals surface area contributed by atoms with E-state index >= 15 is 0 Å². The van der Waals surface area contributed by atoms with Gasteiger partial charge in [0.05, 0.1) is 37.2 Å². The Morgan fingerprint density at radius 1 is 0.830 bits per heavy atom. The molecule has 2 aromatic carbocycles. The number of hydrogen-bond acceptors (Lipinski definition) is 11. The maximum atomic E-state index is 12.8. The lowest BCUT2D eigenvalue weighted by atomic mass is 9.98. The van der Waals surface area contributed by atoms with Crippen LogP contribution in [0.15, 0.2) is 60.7 Å². The lowest BCUT2D eigenvalue weighted by Gasteiger charge is -2.30. The van der Waals surface area contributed by atoms with E-state index in [2.05, 4.69) is 16.0 Å². The van der Waals surface area contributed by atoms with Gasteiger partial charge in [-0.15, -0.1) is 0 Å². The number of ether oxygens (including phenoxy) is 1. The van der Waals surface area contributed by atoms with E-state index in [4.69, 9.17) is 10.5 Å². The second-order valence-corrected chi connectivity index (χ2v) is 11.0. The maximum absolute atomic E-state index is 12.8. The number of carboxylic acids is 1. The number of rotatable bonds is 20. The number of ketones is 1. The van der Waals surface area contributed by atoms with E-state index in [0.717, 1.165) is 5.56 Å². The van der Waals surface area contributed by atoms with Crippen molar-refractivity contribution < 1.29 is 54.2 Å².